The highest BCUT2D eigenvalue weighted by atomic mass is 19.1. The number of carbonyl (C=O) groups is 3. The molecule has 0 saturated heterocycles. The van der Waals surface area contributed by atoms with Gasteiger partial charge in [0, 0.05) is 24.2 Å². The molecule has 0 spiro atoms. The molecule has 0 aromatic heterocycles. The molecule has 0 saturated carbocycles. The molecule has 2 aromatic carbocycles. The van der Waals surface area contributed by atoms with Crippen LogP contribution in [0.4, 0.5) is 4.39 Å². The quantitative estimate of drug-likeness (QED) is 0.598. The van der Waals surface area contributed by atoms with Crippen molar-refractivity contribution in [1.29, 1.82) is 0 Å². The average molecular weight is 342 g/mol. The minimum Gasteiger partial charge on any atom is -0.354 e. The first-order chi connectivity index (χ1) is 12.0. The normalized spacial score (nSPS) is 10.2. The Labute approximate surface area is 145 Å². The standard InChI is InChI=1S/C19H19FN2O3/c1-13(23)15-5-7-16(8-6-15)19(25)22-10-9-21-18(24)12-14-3-2-4-17(20)11-14/h2-8,11H,9-10,12H2,1H3,(H,21,24)(H,22,25). The van der Waals surface area contributed by atoms with E-state index in [-0.39, 0.29) is 42.9 Å². The molecule has 0 fully saturated rings. The number of hydrogen-bond donors (Lipinski definition) is 2. The lowest BCUT2D eigenvalue weighted by molar-refractivity contribution is -0.120. The summed E-state index contributed by atoms with van der Waals surface area (Å²) in [4.78, 5) is 34.9. The van der Waals surface area contributed by atoms with E-state index in [9.17, 15) is 18.8 Å². The van der Waals surface area contributed by atoms with Crippen molar-refractivity contribution in [2.75, 3.05) is 13.1 Å². The summed E-state index contributed by atoms with van der Waals surface area (Å²) in [5, 5.41) is 5.34. The molecule has 25 heavy (non-hydrogen) atoms. The predicted molar refractivity (Wildman–Crippen MR) is 91.9 cm³/mol. The zero-order chi connectivity index (χ0) is 18.2. The van der Waals surface area contributed by atoms with E-state index in [2.05, 4.69) is 10.6 Å². The number of amides is 2. The van der Waals surface area contributed by atoms with Gasteiger partial charge >= 0.3 is 0 Å². The van der Waals surface area contributed by atoms with Crippen LogP contribution in [0.3, 0.4) is 0 Å². The van der Waals surface area contributed by atoms with Gasteiger partial charge in [0.25, 0.3) is 5.91 Å². The number of rotatable bonds is 7. The highest BCUT2D eigenvalue weighted by Gasteiger charge is 2.07. The molecule has 5 nitrogen and oxygen atoms in total. The van der Waals surface area contributed by atoms with Crippen LogP contribution in [0.2, 0.25) is 0 Å². The summed E-state index contributed by atoms with van der Waals surface area (Å²) in [6.45, 7) is 2.00. The van der Waals surface area contributed by atoms with E-state index in [4.69, 9.17) is 0 Å². The van der Waals surface area contributed by atoms with Gasteiger partial charge in [0.1, 0.15) is 5.82 Å². The highest BCUT2D eigenvalue weighted by molar-refractivity contribution is 5.97. The van der Waals surface area contributed by atoms with Crippen LogP contribution in [0.25, 0.3) is 0 Å². The largest absolute Gasteiger partial charge is 0.354 e. The van der Waals surface area contributed by atoms with Gasteiger partial charge in [-0.3, -0.25) is 14.4 Å². The third-order valence-electron chi connectivity index (χ3n) is 3.54. The second-order valence-corrected chi connectivity index (χ2v) is 5.55. The van der Waals surface area contributed by atoms with Gasteiger partial charge in [-0.1, -0.05) is 24.3 Å². The molecular weight excluding hydrogens is 323 g/mol. The van der Waals surface area contributed by atoms with Crippen molar-refractivity contribution in [2.45, 2.75) is 13.3 Å². The van der Waals surface area contributed by atoms with E-state index < -0.39 is 0 Å². The fraction of sp³-hybridized carbons (Fsp3) is 0.211. The zero-order valence-corrected chi connectivity index (χ0v) is 13.8. The molecule has 0 bridgehead atoms. The second kappa shape index (κ2) is 8.73. The number of halogens is 1. The van der Waals surface area contributed by atoms with Crippen molar-refractivity contribution in [2.24, 2.45) is 0 Å². The fourth-order valence-corrected chi connectivity index (χ4v) is 2.23. The van der Waals surface area contributed by atoms with E-state index in [0.717, 1.165) is 0 Å². The summed E-state index contributed by atoms with van der Waals surface area (Å²) in [5.74, 6) is -0.971. The summed E-state index contributed by atoms with van der Waals surface area (Å²) in [6, 6.07) is 12.2. The minimum atomic E-state index is -0.381. The van der Waals surface area contributed by atoms with Crippen molar-refractivity contribution in [3.8, 4) is 0 Å². The SMILES string of the molecule is CC(=O)c1ccc(C(=O)NCCNC(=O)Cc2cccc(F)c2)cc1. The molecule has 2 rings (SSSR count). The number of benzene rings is 2. The molecule has 0 atom stereocenters. The summed E-state index contributed by atoms with van der Waals surface area (Å²) >= 11 is 0. The molecule has 0 unspecified atom stereocenters. The van der Waals surface area contributed by atoms with Crippen molar-refractivity contribution in [3.05, 3.63) is 71.0 Å². The van der Waals surface area contributed by atoms with Gasteiger partial charge in [0.05, 0.1) is 6.42 Å². The fourth-order valence-electron chi connectivity index (χ4n) is 2.23. The lowest BCUT2D eigenvalue weighted by Crippen LogP contribution is -2.35. The smallest absolute Gasteiger partial charge is 0.251 e. The Balaban J connectivity index is 1.72. The molecular formula is C19H19FN2O3. The van der Waals surface area contributed by atoms with Gasteiger partial charge in [-0.15, -0.1) is 0 Å². The number of hydrogen-bond acceptors (Lipinski definition) is 3. The summed E-state index contributed by atoms with van der Waals surface area (Å²) in [7, 11) is 0. The van der Waals surface area contributed by atoms with Gasteiger partial charge in [-0.05, 0) is 36.8 Å². The van der Waals surface area contributed by atoms with E-state index in [1.54, 1.807) is 36.4 Å². The van der Waals surface area contributed by atoms with Gasteiger partial charge < -0.3 is 10.6 Å². The van der Waals surface area contributed by atoms with Crippen LogP contribution < -0.4 is 10.6 Å². The molecule has 0 aliphatic heterocycles. The Morgan fingerprint density at radius 2 is 1.56 bits per heavy atom. The Bertz CT molecular complexity index is 772. The number of ketones is 1. The van der Waals surface area contributed by atoms with Crippen LogP contribution in [0.5, 0.6) is 0 Å². The average Bonchev–Trinajstić information content (AvgIpc) is 2.58. The topological polar surface area (TPSA) is 75.3 Å². The molecule has 6 heteroatoms. The van der Waals surface area contributed by atoms with Crippen LogP contribution in [0.15, 0.2) is 48.5 Å². The van der Waals surface area contributed by atoms with Crippen LogP contribution >= 0.6 is 0 Å². The van der Waals surface area contributed by atoms with E-state index in [0.29, 0.717) is 16.7 Å². The van der Waals surface area contributed by atoms with Crippen LogP contribution in [-0.2, 0) is 11.2 Å². The Morgan fingerprint density at radius 3 is 2.20 bits per heavy atom. The molecule has 0 aliphatic carbocycles. The molecule has 0 radical (unpaired) electrons. The van der Waals surface area contributed by atoms with Crippen molar-refractivity contribution in [1.82, 2.24) is 10.6 Å². The van der Waals surface area contributed by atoms with E-state index >= 15 is 0 Å². The first kappa shape index (κ1) is 18.3. The molecule has 0 aliphatic rings. The van der Waals surface area contributed by atoms with Crippen LogP contribution in [0, 0.1) is 5.82 Å². The van der Waals surface area contributed by atoms with Gasteiger partial charge in [0.2, 0.25) is 5.91 Å². The van der Waals surface area contributed by atoms with Crippen molar-refractivity contribution >= 4 is 17.6 Å². The van der Waals surface area contributed by atoms with Crippen LogP contribution in [-0.4, -0.2) is 30.7 Å². The number of Topliss-reactive ketones (excluding diaryl/α,β-unsaturated/α-hetero) is 1. The molecule has 0 heterocycles. The highest BCUT2D eigenvalue weighted by Crippen LogP contribution is 2.05. The van der Waals surface area contributed by atoms with Crippen LogP contribution in [0.1, 0.15) is 33.2 Å². The third-order valence-corrected chi connectivity index (χ3v) is 3.54. The molecule has 2 N–H and O–H groups in total. The van der Waals surface area contributed by atoms with Crippen molar-refractivity contribution in [3.63, 3.8) is 0 Å². The summed E-state index contributed by atoms with van der Waals surface area (Å²) < 4.78 is 13.0. The minimum absolute atomic E-state index is 0.0621. The second-order valence-electron chi connectivity index (χ2n) is 5.55. The van der Waals surface area contributed by atoms with Gasteiger partial charge in [-0.2, -0.15) is 0 Å². The molecule has 2 aromatic rings. The van der Waals surface area contributed by atoms with Gasteiger partial charge in [0.15, 0.2) is 5.78 Å². The number of nitrogens with one attached hydrogen (secondary N) is 2. The number of carbonyl (C=O) groups excluding carboxylic acids is 3. The maximum Gasteiger partial charge on any atom is 0.251 e. The summed E-state index contributed by atoms with van der Waals surface area (Å²) in [6.07, 6.45) is 0.0816. The lowest BCUT2D eigenvalue weighted by Gasteiger charge is -2.08. The Morgan fingerprint density at radius 1 is 0.920 bits per heavy atom. The lowest BCUT2D eigenvalue weighted by atomic mass is 10.1. The van der Waals surface area contributed by atoms with E-state index in [1.165, 1.54) is 19.1 Å². The maximum atomic E-state index is 13.0. The third kappa shape index (κ3) is 5.84. The Kier molecular flexibility index (Phi) is 6.39. The van der Waals surface area contributed by atoms with Crippen molar-refractivity contribution < 1.29 is 18.8 Å². The summed E-state index contributed by atoms with van der Waals surface area (Å²) in [5.41, 5.74) is 1.57. The molecule has 2 amide bonds. The first-order valence-electron chi connectivity index (χ1n) is 7.86. The Hall–Kier alpha value is -3.02. The zero-order valence-electron chi connectivity index (χ0n) is 13.8. The van der Waals surface area contributed by atoms with Gasteiger partial charge in [-0.25, -0.2) is 4.39 Å². The molecule has 130 valence electrons. The monoisotopic (exact) mass is 342 g/mol. The predicted octanol–water partition coefficient (Wildman–Crippen LogP) is 2.12. The maximum absolute atomic E-state index is 13.0. The van der Waals surface area contributed by atoms with E-state index in [1.807, 2.05) is 0 Å². The first-order valence-corrected chi connectivity index (χ1v) is 7.86.